The monoisotopic (exact) mass is 463 g/mol. The van der Waals surface area contributed by atoms with Gasteiger partial charge in [-0.05, 0) is 61.9 Å². The average Bonchev–Trinajstić information content (AvgIpc) is 3.22. The van der Waals surface area contributed by atoms with E-state index in [-0.39, 0.29) is 5.91 Å². The van der Waals surface area contributed by atoms with Crippen LogP contribution in [0.5, 0.6) is 5.75 Å². The van der Waals surface area contributed by atoms with Crippen LogP contribution in [-0.4, -0.2) is 82.8 Å². The molecular formula is C26H33N5O3. The smallest absolute Gasteiger partial charge is 0.253 e. The van der Waals surface area contributed by atoms with E-state index in [9.17, 15) is 4.79 Å². The Hall–Kier alpha value is -2.97. The summed E-state index contributed by atoms with van der Waals surface area (Å²) in [5.41, 5.74) is 2.65. The first kappa shape index (κ1) is 22.8. The molecule has 2 saturated heterocycles. The van der Waals surface area contributed by atoms with Gasteiger partial charge in [0.2, 0.25) is 0 Å². The lowest BCUT2D eigenvalue weighted by molar-refractivity contribution is 0.0322. The van der Waals surface area contributed by atoms with Crippen LogP contribution in [0.1, 0.15) is 35.3 Å². The summed E-state index contributed by atoms with van der Waals surface area (Å²) in [6.45, 7) is 6.54. The minimum Gasteiger partial charge on any atom is -0.492 e. The number of rotatable bonds is 7. The Balaban J connectivity index is 1.13. The number of ether oxygens (including phenoxy) is 2. The van der Waals surface area contributed by atoms with Crippen LogP contribution in [0.4, 0.5) is 0 Å². The fraction of sp³-hybridized carbons (Fsp3) is 0.500. The van der Waals surface area contributed by atoms with E-state index in [0.717, 1.165) is 88.7 Å². The summed E-state index contributed by atoms with van der Waals surface area (Å²) >= 11 is 0. The van der Waals surface area contributed by atoms with Crippen molar-refractivity contribution in [1.29, 1.82) is 0 Å². The lowest BCUT2D eigenvalue weighted by Gasteiger charge is -2.26. The molecule has 0 radical (unpaired) electrons. The summed E-state index contributed by atoms with van der Waals surface area (Å²) in [5.74, 6) is 1.38. The zero-order valence-corrected chi connectivity index (χ0v) is 19.6. The second-order valence-electron chi connectivity index (χ2n) is 9.18. The Labute approximate surface area is 200 Å². The predicted octanol–water partition coefficient (Wildman–Crippen LogP) is 2.93. The molecule has 0 aliphatic carbocycles. The molecule has 0 saturated carbocycles. The summed E-state index contributed by atoms with van der Waals surface area (Å²) in [4.78, 5) is 21.8. The van der Waals surface area contributed by atoms with Crippen molar-refractivity contribution in [2.45, 2.75) is 25.7 Å². The summed E-state index contributed by atoms with van der Waals surface area (Å²) in [5, 5.41) is 4.68. The van der Waals surface area contributed by atoms with E-state index in [1.807, 2.05) is 45.9 Å². The molecular weight excluding hydrogens is 430 g/mol. The van der Waals surface area contributed by atoms with Crippen LogP contribution < -0.4 is 4.74 Å². The van der Waals surface area contributed by atoms with E-state index in [2.05, 4.69) is 21.0 Å². The first-order valence-electron chi connectivity index (χ1n) is 12.4. The maximum atomic E-state index is 13.2. The van der Waals surface area contributed by atoms with Gasteiger partial charge >= 0.3 is 0 Å². The van der Waals surface area contributed by atoms with E-state index in [0.29, 0.717) is 18.1 Å². The molecule has 2 aliphatic rings. The lowest BCUT2D eigenvalue weighted by Crippen LogP contribution is -2.38. The number of benzene rings is 1. The third-order valence-electron chi connectivity index (χ3n) is 6.80. The highest BCUT2D eigenvalue weighted by Crippen LogP contribution is 2.23. The standard InChI is InChI=1S/C26H33N5O3/c32-26(22-4-1-5-24(20-22)34-18-15-29-13-16-33-17-14-29)30-10-2-3-21(8-11-30)19-23-6-7-25-27-9-12-31(25)28-23/h1,4-7,9,12,20-21H,2-3,8,10-11,13-19H2/t21-/m0/s1. The molecule has 0 N–H and O–H groups in total. The second kappa shape index (κ2) is 11.0. The SMILES string of the molecule is O=C(c1cccc(OCCN2CCOCC2)c1)N1CCC[C@H](Cc2ccc3nccn3n2)CC1. The molecule has 0 bridgehead atoms. The second-order valence-corrected chi connectivity index (χ2v) is 9.18. The summed E-state index contributed by atoms with van der Waals surface area (Å²) in [7, 11) is 0. The third kappa shape index (κ3) is 5.74. The molecule has 8 nitrogen and oxygen atoms in total. The molecule has 0 unspecified atom stereocenters. The number of fused-ring (bicyclic) bond motifs is 1. The minimum atomic E-state index is 0.0947. The first-order chi connectivity index (χ1) is 16.7. The molecule has 180 valence electrons. The van der Waals surface area contributed by atoms with Crippen LogP contribution >= 0.6 is 0 Å². The molecule has 1 aromatic carbocycles. The summed E-state index contributed by atoms with van der Waals surface area (Å²) in [6.07, 6.45) is 7.70. The topological polar surface area (TPSA) is 72.2 Å². The van der Waals surface area contributed by atoms with Gasteiger partial charge in [-0.1, -0.05) is 6.07 Å². The number of carbonyl (C=O) groups excluding carboxylic acids is 1. The fourth-order valence-corrected chi connectivity index (χ4v) is 4.85. The van der Waals surface area contributed by atoms with Crippen LogP contribution in [0, 0.1) is 5.92 Å². The van der Waals surface area contributed by atoms with Crippen molar-refractivity contribution in [2.24, 2.45) is 5.92 Å². The van der Waals surface area contributed by atoms with Gasteiger partial charge in [0.25, 0.3) is 5.91 Å². The van der Waals surface area contributed by atoms with Crippen LogP contribution in [0.2, 0.25) is 0 Å². The molecule has 5 rings (SSSR count). The van der Waals surface area contributed by atoms with E-state index in [4.69, 9.17) is 9.47 Å². The lowest BCUT2D eigenvalue weighted by atomic mass is 9.95. The Bertz CT molecular complexity index is 1090. The quantitative estimate of drug-likeness (QED) is 0.537. The van der Waals surface area contributed by atoms with Crippen molar-refractivity contribution < 1.29 is 14.3 Å². The van der Waals surface area contributed by atoms with Gasteiger partial charge in [0.05, 0.1) is 18.9 Å². The number of hydrogen-bond acceptors (Lipinski definition) is 6. The number of hydrogen-bond donors (Lipinski definition) is 0. The van der Waals surface area contributed by atoms with Gasteiger partial charge in [-0.15, -0.1) is 0 Å². The van der Waals surface area contributed by atoms with Gasteiger partial charge in [0.1, 0.15) is 12.4 Å². The Kier molecular flexibility index (Phi) is 7.36. The van der Waals surface area contributed by atoms with Crippen LogP contribution in [0.15, 0.2) is 48.8 Å². The molecule has 1 amide bonds. The highest BCUT2D eigenvalue weighted by atomic mass is 16.5. The molecule has 2 fully saturated rings. The van der Waals surface area contributed by atoms with Crippen LogP contribution in [0.3, 0.4) is 0 Å². The van der Waals surface area contributed by atoms with Gasteiger partial charge in [-0.3, -0.25) is 9.69 Å². The molecule has 2 aliphatic heterocycles. The summed E-state index contributed by atoms with van der Waals surface area (Å²) < 4.78 is 13.2. The van der Waals surface area contributed by atoms with Gasteiger partial charge in [-0.25, -0.2) is 9.50 Å². The minimum absolute atomic E-state index is 0.0947. The molecule has 1 atom stereocenters. The maximum absolute atomic E-state index is 13.2. The van der Waals surface area contributed by atoms with Crippen LogP contribution in [0.25, 0.3) is 5.65 Å². The molecule has 3 aromatic rings. The van der Waals surface area contributed by atoms with Gasteiger partial charge in [0, 0.05) is 50.7 Å². The number of aromatic nitrogens is 3. The molecule has 4 heterocycles. The van der Waals surface area contributed by atoms with Gasteiger partial charge < -0.3 is 14.4 Å². The first-order valence-corrected chi connectivity index (χ1v) is 12.4. The van der Waals surface area contributed by atoms with Crippen molar-refractivity contribution in [2.75, 3.05) is 52.5 Å². The number of amides is 1. The molecule has 0 spiro atoms. The Morgan fingerprint density at radius 3 is 2.91 bits per heavy atom. The zero-order valence-electron chi connectivity index (χ0n) is 19.6. The number of carbonyl (C=O) groups is 1. The van der Waals surface area contributed by atoms with Crippen molar-refractivity contribution in [1.82, 2.24) is 24.4 Å². The van der Waals surface area contributed by atoms with Gasteiger partial charge in [0.15, 0.2) is 5.65 Å². The predicted molar refractivity (Wildman–Crippen MR) is 129 cm³/mol. The highest BCUT2D eigenvalue weighted by Gasteiger charge is 2.22. The Morgan fingerprint density at radius 2 is 2.00 bits per heavy atom. The van der Waals surface area contributed by atoms with Crippen molar-refractivity contribution in [3.05, 3.63) is 60.0 Å². The third-order valence-corrected chi connectivity index (χ3v) is 6.80. The summed E-state index contributed by atoms with van der Waals surface area (Å²) in [6, 6.07) is 11.7. The van der Waals surface area contributed by atoms with Crippen molar-refractivity contribution >= 4 is 11.6 Å². The van der Waals surface area contributed by atoms with Crippen LogP contribution in [-0.2, 0) is 11.2 Å². The Morgan fingerprint density at radius 1 is 1.09 bits per heavy atom. The van der Waals surface area contributed by atoms with E-state index < -0.39 is 0 Å². The zero-order chi connectivity index (χ0) is 23.2. The number of morpholine rings is 1. The molecule has 34 heavy (non-hydrogen) atoms. The number of likely N-dealkylation sites (tertiary alicyclic amines) is 1. The highest BCUT2D eigenvalue weighted by molar-refractivity contribution is 5.94. The van der Waals surface area contributed by atoms with E-state index in [1.54, 1.807) is 6.20 Å². The largest absolute Gasteiger partial charge is 0.492 e. The van der Waals surface area contributed by atoms with E-state index in [1.165, 1.54) is 0 Å². The molecule has 8 heteroatoms. The normalized spacial score (nSPS) is 19.8. The fourth-order valence-electron chi connectivity index (χ4n) is 4.85. The van der Waals surface area contributed by atoms with E-state index >= 15 is 0 Å². The molecule has 2 aromatic heterocycles. The van der Waals surface area contributed by atoms with Crippen molar-refractivity contribution in [3.63, 3.8) is 0 Å². The van der Waals surface area contributed by atoms with Gasteiger partial charge in [-0.2, -0.15) is 5.10 Å². The van der Waals surface area contributed by atoms with Crippen molar-refractivity contribution in [3.8, 4) is 5.75 Å². The maximum Gasteiger partial charge on any atom is 0.253 e. The number of imidazole rings is 1. The number of nitrogens with zero attached hydrogens (tertiary/aromatic N) is 5. The average molecular weight is 464 g/mol.